The van der Waals surface area contributed by atoms with Crippen LogP contribution in [0.5, 0.6) is 0 Å². The molecule has 148 valence electrons. The smallest absolute Gasteiger partial charge is 0.334 e. The van der Waals surface area contributed by atoms with Gasteiger partial charge in [0.1, 0.15) is 0 Å². The normalized spacial score (nSPS) is 14.6. The Bertz CT molecular complexity index is 1050. The van der Waals surface area contributed by atoms with Crippen molar-refractivity contribution >= 4 is 44.1 Å². The van der Waals surface area contributed by atoms with Crippen LogP contribution in [0.3, 0.4) is 0 Å². The molecule has 0 saturated carbocycles. The average molecular weight is 404 g/mol. The van der Waals surface area contributed by atoms with Gasteiger partial charge in [-0.15, -0.1) is 5.06 Å². The zero-order chi connectivity index (χ0) is 20.5. The first-order valence-electron chi connectivity index (χ1n) is 8.69. The lowest BCUT2D eigenvalue weighted by atomic mass is 10.1. The fourth-order valence-corrected chi connectivity index (χ4v) is 4.51. The second-order valence-electron chi connectivity index (χ2n) is 6.64. The summed E-state index contributed by atoms with van der Waals surface area (Å²) in [7, 11) is -0.0569. The van der Waals surface area contributed by atoms with E-state index >= 15 is 0 Å². The lowest BCUT2D eigenvalue weighted by molar-refractivity contribution is -0.197. The number of fused-ring (bicyclic) bond motifs is 1. The number of amides is 2. The van der Waals surface area contributed by atoms with Crippen molar-refractivity contribution in [1.82, 2.24) is 5.06 Å². The van der Waals surface area contributed by atoms with Gasteiger partial charge in [-0.05, 0) is 12.1 Å². The molecule has 0 aliphatic carbocycles. The summed E-state index contributed by atoms with van der Waals surface area (Å²) in [6.07, 6.45) is -0.508. The van der Waals surface area contributed by atoms with Gasteiger partial charge in [-0.1, -0.05) is 24.3 Å². The van der Waals surface area contributed by atoms with E-state index < -0.39 is 39.8 Å². The van der Waals surface area contributed by atoms with Crippen molar-refractivity contribution in [2.24, 2.45) is 0 Å². The Labute approximate surface area is 162 Å². The number of anilines is 1. The predicted octanol–water partition coefficient (Wildman–Crippen LogP) is 1.68. The highest BCUT2D eigenvalue weighted by atomic mass is 32.2. The van der Waals surface area contributed by atoms with Gasteiger partial charge >= 0.3 is 5.97 Å². The van der Waals surface area contributed by atoms with E-state index in [1.807, 2.05) is 31.1 Å². The largest absolute Gasteiger partial charge is 0.377 e. The third kappa shape index (κ3) is 3.84. The molecule has 1 heterocycles. The van der Waals surface area contributed by atoms with Crippen molar-refractivity contribution < 1.29 is 27.6 Å². The summed E-state index contributed by atoms with van der Waals surface area (Å²) in [4.78, 5) is 41.6. The molecule has 9 heteroatoms. The number of sulfone groups is 1. The maximum Gasteiger partial charge on any atom is 0.334 e. The topological polar surface area (TPSA) is 101 Å². The summed E-state index contributed by atoms with van der Waals surface area (Å²) < 4.78 is 25.7. The molecule has 2 aromatic rings. The Balaban J connectivity index is 1.80. The second-order valence-corrected chi connectivity index (χ2v) is 8.71. The second kappa shape index (κ2) is 7.59. The van der Waals surface area contributed by atoms with Gasteiger partial charge in [-0.3, -0.25) is 9.59 Å². The third-order valence-corrected chi connectivity index (χ3v) is 6.22. The zero-order valence-corrected chi connectivity index (χ0v) is 16.4. The predicted molar refractivity (Wildman–Crippen MR) is 102 cm³/mol. The minimum Gasteiger partial charge on any atom is -0.377 e. The monoisotopic (exact) mass is 404 g/mol. The summed E-state index contributed by atoms with van der Waals surface area (Å²) in [5.41, 5.74) is 0.875. The van der Waals surface area contributed by atoms with E-state index in [1.165, 1.54) is 6.07 Å². The molecule has 8 nitrogen and oxygen atoms in total. The van der Waals surface area contributed by atoms with Crippen LogP contribution in [-0.2, 0) is 29.1 Å². The highest BCUT2D eigenvalue weighted by molar-refractivity contribution is 7.91. The van der Waals surface area contributed by atoms with Crippen LogP contribution in [0.2, 0.25) is 0 Å². The van der Waals surface area contributed by atoms with E-state index in [2.05, 4.69) is 0 Å². The van der Waals surface area contributed by atoms with E-state index in [-0.39, 0.29) is 17.7 Å². The molecule has 1 fully saturated rings. The van der Waals surface area contributed by atoms with Crippen molar-refractivity contribution in [1.29, 1.82) is 0 Å². The number of rotatable bonds is 6. The Morgan fingerprint density at radius 1 is 1.04 bits per heavy atom. The van der Waals surface area contributed by atoms with Crippen LogP contribution in [0.15, 0.2) is 41.3 Å². The number of benzene rings is 2. The molecule has 0 radical (unpaired) electrons. The number of hydrogen-bond donors (Lipinski definition) is 0. The summed E-state index contributed by atoms with van der Waals surface area (Å²) in [6.45, 7) is 0. The highest BCUT2D eigenvalue weighted by Gasteiger charge is 2.33. The lowest BCUT2D eigenvalue weighted by Crippen LogP contribution is -2.32. The first-order valence-corrected chi connectivity index (χ1v) is 10.3. The zero-order valence-electron chi connectivity index (χ0n) is 15.5. The molecule has 1 aliphatic rings. The molecule has 2 amide bonds. The number of imide groups is 1. The molecule has 28 heavy (non-hydrogen) atoms. The maximum atomic E-state index is 12.8. The van der Waals surface area contributed by atoms with Gasteiger partial charge in [0.05, 0.1) is 17.1 Å². The van der Waals surface area contributed by atoms with Crippen molar-refractivity contribution in [2.45, 2.75) is 24.2 Å². The summed E-state index contributed by atoms with van der Waals surface area (Å²) >= 11 is 0. The molecule has 1 saturated heterocycles. The van der Waals surface area contributed by atoms with Crippen molar-refractivity contribution in [3.63, 3.8) is 0 Å². The van der Waals surface area contributed by atoms with Gasteiger partial charge in [0.2, 0.25) is 0 Å². The number of nitrogens with zero attached hydrogens (tertiary/aromatic N) is 2. The first-order chi connectivity index (χ1) is 13.2. The molecule has 0 atom stereocenters. The van der Waals surface area contributed by atoms with Gasteiger partial charge in [0.25, 0.3) is 11.8 Å². The number of hydrogen-bond acceptors (Lipinski definition) is 7. The van der Waals surface area contributed by atoms with Crippen LogP contribution in [0.4, 0.5) is 5.69 Å². The molecule has 0 spiro atoms. The van der Waals surface area contributed by atoms with E-state index in [0.29, 0.717) is 10.4 Å². The van der Waals surface area contributed by atoms with E-state index in [4.69, 9.17) is 4.84 Å². The molecular formula is C19H20N2O6S. The Morgan fingerprint density at radius 2 is 1.64 bits per heavy atom. The van der Waals surface area contributed by atoms with Gasteiger partial charge < -0.3 is 9.74 Å². The van der Waals surface area contributed by atoms with Gasteiger partial charge in [-0.2, -0.15) is 0 Å². The summed E-state index contributed by atoms with van der Waals surface area (Å²) in [5, 5.41) is 1.76. The molecule has 3 rings (SSSR count). The van der Waals surface area contributed by atoms with Crippen LogP contribution in [0, 0.1) is 0 Å². The number of carbonyl (C=O) groups excluding carboxylic acids is 3. The average Bonchev–Trinajstić information content (AvgIpc) is 2.97. The van der Waals surface area contributed by atoms with Crippen LogP contribution in [0.1, 0.15) is 19.3 Å². The fourth-order valence-electron chi connectivity index (χ4n) is 3.06. The Kier molecular flexibility index (Phi) is 5.37. The SMILES string of the molecule is CN(C)c1cccc2c(S(=O)(=O)CCC(=O)ON3C(=O)CCC3=O)cccc12. The maximum absolute atomic E-state index is 12.8. The third-order valence-electron chi connectivity index (χ3n) is 4.45. The molecule has 1 aliphatic heterocycles. The minimum atomic E-state index is -3.79. The highest BCUT2D eigenvalue weighted by Crippen LogP contribution is 2.30. The first kappa shape index (κ1) is 19.8. The van der Waals surface area contributed by atoms with Crippen molar-refractivity contribution in [3.8, 4) is 0 Å². The number of carbonyl (C=O) groups is 3. The Morgan fingerprint density at radius 3 is 2.29 bits per heavy atom. The van der Waals surface area contributed by atoms with Gasteiger partial charge in [-0.25, -0.2) is 13.2 Å². The van der Waals surface area contributed by atoms with E-state index in [1.54, 1.807) is 18.2 Å². The standard InChI is InChI=1S/C19H20N2O6S/c1-20(2)15-7-3-6-14-13(15)5-4-8-16(14)28(25,26)12-11-19(24)27-21-17(22)9-10-18(21)23/h3-8H,9-12H2,1-2H3. The van der Waals surface area contributed by atoms with Crippen molar-refractivity contribution in [2.75, 3.05) is 24.7 Å². The van der Waals surface area contributed by atoms with Crippen LogP contribution in [-0.4, -0.2) is 51.1 Å². The number of hydroxylamine groups is 2. The molecule has 2 aromatic carbocycles. The molecule has 0 aromatic heterocycles. The summed E-state index contributed by atoms with van der Waals surface area (Å²) in [5.74, 6) is -2.65. The molecule has 0 unspecified atom stereocenters. The van der Waals surface area contributed by atoms with Crippen molar-refractivity contribution in [3.05, 3.63) is 36.4 Å². The molecular weight excluding hydrogens is 384 g/mol. The van der Waals surface area contributed by atoms with E-state index in [0.717, 1.165) is 11.1 Å². The lowest BCUT2D eigenvalue weighted by Gasteiger charge is -2.17. The quantitative estimate of drug-likeness (QED) is 0.675. The van der Waals surface area contributed by atoms with E-state index in [9.17, 15) is 22.8 Å². The molecule has 0 bridgehead atoms. The minimum absolute atomic E-state index is 0.0192. The van der Waals surface area contributed by atoms with Gasteiger partial charge in [0, 0.05) is 43.4 Å². The van der Waals surface area contributed by atoms with Crippen LogP contribution >= 0.6 is 0 Å². The Hall–Kier alpha value is -2.94. The van der Waals surface area contributed by atoms with Gasteiger partial charge in [0.15, 0.2) is 9.84 Å². The summed E-state index contributed by atoms with van der Waals surface area (Å²) in [6, 6.07) is 10.4. The van der Waals surface area contributed by atoms with Crippen LogP contribution in [0.25, 0.3) is 10.8 Å². The fraction of sp³-hybridized carbons (Fsp3) is 0.316. The van der Waals surface area contributed by atoms with Crippen LogP contribution < -0.4 is 4.90 Å². The molecule has 0 N–H and O–H groups in total.